The maximum absolute atomic E-state index is 14.5. The number of amides is 1. The van der Waals surface area contributed by atoms with Gasteiger partial charge in [-0.15, -0.1) is 0 Å². The van der Waals surface area contributed by atoms with E-state index in [0.29, 0.717) is 49.9 Å². The predicted molar refractivity (Wildman–Crippen MR) is 194 cm³/mol. The van der Waals surface area contributed by atoms with Crippen LogP contribution < -0.4 is 29.7 Å². The quantitative estimate of drug-likeness (QED) is 0.191. The molecule has 1 atom stereocenters. The molecule has 1 amide bonds. The van der Waals surface area contributed by atoms with E-state index in [2.05, 4.69) is 56.3 Å². The number of methoxy groups -OCH3 is 2. The van der Waals surface area contributed by atoms with Crippen LogP contribution in [0.2, 0.25) is 0 Å². The summed E-state index contributed by atoms with van der Waals surface area (Å²) in [6.45, 7) is 2.48. The van der Waals surface area contributed by atoms with E-state index in [1.807, 2.05) is 66.7 Å². The van der Waals surface area contributed by atoms with E-state index in [4.69, 9.17) is 14.5 Å². The monoisotopic (exact) mass is 718 g/mol. The second-order valence-electron chi connectivity index (χ2n) is 11.4. The molecular weight excluding hydrogens is 688 g/mol. The minimum Gasteiger partial charge on any atom is -0.497 e. The first-order valence-corrected chi connectivity index (χ1v) is 16.9. The number of rotatable bonds is 8. The highest BCUT2D eigenvalue weighted by atomic mass is 79.9. The van der Waals surface area contributed by atoms with Crippen molar-refractivity contribution in [2.45, 2.75) is 19.5 Å². The first-order chi connectivity index (χ1) is 23.3. The van der Waals surface area contributed by atoms with E-state index < -0.39 is 6.04 Å². The molecule has 1 N–H and O–H groups in total. The molecule has 7 rings (SSSR count). The van der Waals surface area contributed by atoms with Crippen molar-refractivity contribution >= 4 is 55.8 Å². The van der Waals surface area contributed by atoms with E-state index in [9.17, 15) is 9.59 Å². The maximum atomic E-state index is 14.5. The second-order valence-corrected chi connectivity index (χ2v) is 13.3. The molecule has 0 fully saturated rings. The first-order valence-electron chi connectivity index (χ1n) is 15.3. The first kappa shape index (κ1) is 31.4. The molecule has 1 aliphatic heterocycles. The predicted octanol–water partition coefficient (Wildman–Crippen LogP) is 6.66. The average Bonchev–Trinajstić information content (AvgIpc) is 3.60. The Bertz CT molecular complexity index is 2390. The van der Waals surface area contributed by atoms with Gasteiger partial charge in [0.1, 0.15) is 17.5 Å². The minimum atomic E-state index is -0.799. The summed E-state index contributed by atoms with van der Waals surface area (Å²) in [5, 5.41) is 4.03. The van der Waals surface area contributed by atoms with Crippen molar-refractivity contribution in [3.05, 3.63) is 155 Å². The Labute approximate surface area is 289 Å². The third-order valence-corrected chi connectivity index (χ3v) is 9.92. The van der Waals surface area contributed by atoms with E-state index >= 15 is 0 Å². The van der Waals surface area contributed by atoms with E-state index in [-0.39, 0.29) is 11.5 Å². The van der Waals surface area contributed by atoms with Crippen molar-refractivity contribution in [3.63, 3.8) is 0 Å². The van der Waals surface area contributed by atoms with Gasteiger partial charge in [0, 0.05) is 51.0 Å². The molecule has 240 valence electrons. The van der Waals surface area contributed by atoms with Crippen LogP contribution in [0, 0.1) is 0 Å². The SMILES string of the molecule is COc1ccc([C@H]2C(C(=O)Nc3ccccc3)=C(C)N=c3s/c(=C\c4cn(Cc5ccc(Br)cc5)c5ccccc45)c(=O)n32)c(OC)c1. The fourth-order valence-corrected chi connectivity index (χ4v) is 7.42. The number of nitrogens with zero attached hydrogens (tertiary/aromatic N) is 3. The molecule has 0 spiro atoms. The third kappa shape index (κ3) is 5.89. The lowest BCUT2D eigenvalue weighted by molar-refractivity contribution is -0.113. The van der Waals surface area contributed by atoms with Crippen molar-refractivity contribution in [1.82, 2.24) is 9.13 Å². The zero-order valence-electron chi connectivity index (χ0n) is 26.4. The molecule has 0 unspecified atom stereocenters. The van der Waals surface area contributed by atoms with Gasteiger partial charge in [0.05, 0.1) is 30.0 Å². The van der Waals surface area contributed by atoms with Gasteiger partial charge in [0.2, 0.25) is 0 Å². The molecule has 0 saturated carbocycles. The van der Waals surface area contributed by atoms with Gasteiger partial charge in [-0.25, -0.2) is 4.99 Å². The Balaban J connectivity index is 1.38. The van der Waals surface area contributed by atoms with Gasteiger partial charge in [-0.2, -0.15) is 0 Å². The van der Waals surface area contributed by atoms with Crippen LogP contribution in [-0.4, -0.2) is 29.3 Å². The lowest BCUT2D eigenvalue weighted by Crippen LogP contribution is -2.40. The summed E-state index contributed by atoms with van der Waals surface area (Å²) in [4.78, 5) is 33.8. The highest BCUT2D eigenvalue weighted by Crippen LogP contribution is 2.37. The molecule has 10 heteroatoms. The van der Waals surface area contributed by atoms with Crippen molar-refractivity contribution in [3.8, 4) is 11.5 Å². The van der Waals surface area contributed by atoms with Crippen LogP contribution in [0.1, 0.15) is 29.7 Å². The Morgan fingerprint density at radius 1 is 0.979 bits per heavy atom. The molecular formula is C38H31BrN4O4S. The lowest BCUT2D eigenvalue weighted by atomic mass is 9.94. The summed E-state index contributed by atoms with van der Waals surface area (Å²) in [6.07, 6.45) is 4.01. The number of benzene rings is 4. The average molecular weight is 720 g/mol. The number of anilines is 1. The number of para-hydroxylation sites is 2. The van der Waals surface area contributed by atoms with Crippen molar-refractivity contribution < 1.29 is 14.3 Å². The molecule has 3 heterocycles. The fraction of sp³-hybridized carbons (Fsp3) is 0.132. The van der Waals surface area contributed by atoms with E-state index in [0.717, 1.165) is 26.5 Å². The molecule has 0 aliphatic carbocycles. The van der Waals surface area contributed by atoms with Gasteiger partial charge in [-0.05, 0) is 61.0 Å². The summed E-state index contributed by atoms with van der Waals surface area (Å²) in [5.74, 6) is 0.735. The normalized spacial score (nSPS) is 14.5. The molecule has 48 heavy (non-hydrogen) atoms. The van der Waals surface area contributed by atoms with Crippen LogP contribution in [0.3, 0.4) is 0 Å². The number of ether oxygens (including phenoxy) is 2. The van der Waals surface area contributed by atoms with Crippen LogP contribution in [-0.2, 0) is 11.3 Å². The third-order valence-electron chi connectivity index (χ3n) is 8.41. The van der Waals surface area contributed by atoms with Crippen LogP contribution in [0.15, 0.2) is 129 Å². The number of aromatic nitrogens is 2. The second kappa shape index (κ2) is 13.1. The highest BCUT2D eigenvalue weighted by molar-refractivity contribution is 9.10. The van der Waals surface area contributed by atoms with Crippen LogP contribution in [0.4, 0.5) is 5.69 Å². The number of nitrogens with one attached hydrogen (secondary N) is 1. The van der Waals surface area contributed by atoms with E-state index in [1.165, 1.54) is 11.3 Å². The molecule has 6 aromatic rings. The molecule has 1 aliphatic rings. The topological polar surface area (TPSA) is 86.9 Å². The van der Waals surface area contributed by atoms with Gasteiger partial charge in [0.15, 0.2) is 4.80 Å². The molecule has 4 aromatic carbocycles. The van der Waals surface area contributed by atoms with Crippen LogP contribution >= 0.6 is 27.3 Å². The summed E-state index contributed by atoms with van der Waals surface area (Å²) >= 11 is 4.82. The zero-order valence-corrected chi connectivity index (χ0v) is 28.8. The molecule has 0 saturated heterocycles. The van der Waals surface area contributed by atoms with E-state index in [1.54, 1.807) is 37.8 Å². The van der Waals surface area contributed by atoms with Gasteiger partial charge in [-0.1, -0.05) is 75.8 Å². The summed E-state index contributed by atoms with van der Waals surface area (Å²) in [6, 6.07) is 30.3. The van der Waals surface area contributed by atoms with Crippen LogP contribution in [0.25, 0.3) is 17.0 Å². The maximum Gasteiger partial charge on any atom is 0.271 e. The van der Waals surface area contributed by atoms with Crippen LogP contribution in [0.5, 0.6) is 11.5 Å². The Kier molecular flexibility index (Phi) is 8.60. The number of thiazole rings is 1. The van der Waals surface area contributed by atoms with Gasteiger partial charge >= 0.3 is 0 Å². The number of allylic oxidation sites excluding steroid dienone is 1. The van der Waals surface area contributed by atoms with Crippen molar-refractivity contribution in [2.75, 3.05) is 19.5 Å². The highest BCUT2D eigenvalue weighted by Gasteiger charge is 2.34. The fourth-order valence-electron chi connectivity index (χ4n) is 6.12. The van der Waals surface area contributed by atoms with Gasteiger partial charge < -0.3 is 19.4 Å². The standard InChI is InChI=1S/C38H31BrN4O4S/c1-23-34(36(44)41-27-9-5-4-6-10-27)35(30-18-17-28(46-2)20-32(30)47-3)43-37(45)33(48-38(43)40-23)19-25-22-42(31-12-8-7-11-29(25)31)21-24-13-15-26(39)16-14-24/h4-20,22,35H,21H2,1-3H3,(H,41,44)/b33-19-/t35-/m0/s1. The zero-order chi connectivity index (χ0) is 33.4. The van der Waals surface area contributed by atoms with Gasteiger partial charge in [-0.3, -0.25) is 14.2 Å². The number of hydrogen-bond donors (Lipinski definition) is 1. The summed E-state index contributed by atoms with van der Waals surface area (Å²) in [7, 11) is 3.14. The lowest BCUT2D eigenvalue weighted by Gasteiger charge is -2.26. The van der Waals surface area contributed by atoms with Crippen molar-refractivity contribution in [2.24, 2.45) is 4.99 Å². The molecule has 0 bridgehead atoms. The number of hydrogen-bond acceptors (Lipinski definition) is 6. The Morgan fingerprint density at radius 2 is 1.73 bits per heavy atom. The molecule has 2 aromatic heterocycles. The smallest absolute Gasteiger partial charge is 0.271 e. The number of carbonyl (C=O) groups is 1. The Hall–Kier alpha value is -5.19. The minimum absolute atomic E-state index is 0.246. The van der Waals surface area contributed by atoms with Crippen molar-refractivity contribution in [1.29, 1.82) is 0 Å². The molecule has 8 nitrogen and oxygen atoms in total. The number of carbonyl (C=O) groups excluding carboxylic acids is 1. The Morgan fingerprint density at radius 3 is 2.48 bits per heavy atom. The largest absolute Gasteiger partial charge is 0.497 e. The number of fused-ring (bicyclic) bond motifs is 2. The molecule has 0 radical (unpaired) electrons. The summed E-state index contributed by atoms with van der Waals surface area (Å²) < 4.78 is 16.6. The number of halogens is 1. The summed E-state index contributed by atoms with van der Waals surface area (Å²) in [5.41, 5.74) is 5.06. The van der Waals surface area contributed by atoms with Gasteiger partial charge in [0.25, 0.3) is 11.5 Å².